The Balaban J connectivity index is 1.57. The van der Waals surface area contributed by atoms with Gasteiger partial charge in [0.2, 0.25) is 11.8 Å². The van der Waals surface area contributed by atoms with Crippen LogP contribution in [0.3, 0.4) is 0 Å². The fourth-order valence-electron chi connectivity index (χ4n) is 5.89. The van der Waals surface area contributed by atoms with E-state index in [0.29, 0.717) is 15.9 Å². The molecule has 1 N–H and O–H groups in total. The maximum absolute atomic E-state index is 14.7. The normalized spacial score (nSPS) is 13.9. The van der Waals surface area contributed by atoms with Crippen molar-refractivity contribution in [3.63, 3.8) is 0 Å². The molecule has 246 valence electrons. The Bertz CT molecular complexity index is 1780. The van der Waals surface area contributed by atoms with Crippen LogP contribution in [0.5, 0.6) is 5.75 Å². The summed E-state index contributed by atoms with van der Waals surface area (Å²) in [4.78, 5) is 30.4. The molecule has 0 radical (unpaired) electrons. The van der Waals surface area contributed by atoms with Crippen LogP contribution in [-0.2, 0) is 32.6 Å². The molecule has 0 aromatic heterocycles. The second-order valence-corrected chi connectivity index (χ2v) is 14.7. The fourth-order valence-corrected chi connectivity index (χ4v) is 7.68. The number of nitrogens with one attached hydrogen (secondary N) is 1. The lowest BCUT2D eigenvalue weighted by Crippen LogP contribution is -2.54. The lowest BCUT2D eigenvalue weighted by molar-refractivity contribution is -0.140. The largest absolute Gasteiger partial charge is 0.497 e. The van der Waals surface area contributed by atoms with Gasteiger partial charge in [-0.05, 0) is 73.4 Å². The van der Waals surface area contributed by atoms with Crippen LogP contribution in [0.4, 0.5) is 5.69 Å². The molecule has 4 aromatic rings. The van der Waals surface area contributed by atoms with Crippen molar-refractivity contribution in [2.75, 3.05) is 18.0 Å². The van der Waals surface area contributed by atoms with Crippen LogP contribution in [0.1, 0.15) is 42.4 Å². The standard InChI is InChI=1S/C37H40BrN3O5S/c1-27-18-20-34(21-19-27)47(44,45)41(32-16-9-13-30(38)24-32)26-36(42)40(25-29-12-8-17-33(22-29)46-2)35(23-28-10-4-3-5-11-28)37(43)39-31-14-6-7-15-31/h3-5,8-13,16-22,24,31,35H,6-7,14-15,23,25-26H2,1-2H3,(H,39,43)/t35-/m1/s1. The van der Waals surface area contributed by atoms with Crippen molar-refractivity contribution in [2.24, 2.45) is 0 Å². The average Bonchev–Trinajstić information content (AvgIpc) is 3.59. The van der Waals surface area contributed by atoms with E-state index >= 15 is 0 Å². The summed E-state index contributed by atoms with van der Waals surface area (Å²) in [7, 11) is -2.61. The minimum absolute atomic E-state index is 0.0367. The zero-order valence-electron chi connectivity index (χ0n) is 26.6. The van der Waals surface area contributed by atoms with Gasteiger partial charge in [-0.1, -0.05) is 95.0 Å². The number of hydrogen-bond donors (Lipinski definition) is 1. The summed E-state index contributed by atoms with van der Waals surface area (Å²) in [5, 5.41) is 3.20. The van der Waals surface area contributed by atoms with Crippen molar-refractivity contribution in [1.29, 1.82) is 0 Å². The molecule has 47 heavy (non-hydrogen) atoms. The van der Waals surface area contributed by atoms with Crippen molar-refractivity contribution < 1.29 is 22.7 Å². The number of ether oxygens (including phenoxy) is 1. The van der Waals surface area contributed by atoms with Gasteiger partial charge in [-0.15, -0.1) is 0 Å². The molecule has 5 rings (SSSR count). The molecule has 0 bridgehead atoms. The van der Waals surface area contributed by atoms with Gasteiger partial charge in [0.05, 0.1) is 17.7 Å². The molecule has 2 amide bonds. The third-order valence-electron chi connectivity index (χ3n) is 8.44. The minimum atomic E-state index is -4.18. The van der Waals surface area contributed by atoms with Crippen LogP contribution in [0, 0.1) is 6.92 Å². The third-order valence-corrected chi connectivity index (χ3v) is 10.7. The number of benzene rings is 4. The Morgan fingerprint density at radius 3 is 2.26 bits per heavy atom. The quantitative estimate of drug-likeness (QED) is 0.167. The Morgan fingerprint density at radius 1 is 0.894 bits per heavy atom. The van der Waals surface area contributed by atoms with Crippen molar-refractivity contribution in [3.8, 4) is 5.75 Å². The average molecular weight is 719 g/mol. The van der Waals surface area contributed by atoms with Gasteiger partial charge in [0.25, 0.3) is 10.0 Å². The molecule has 0 aliphatic heterocycles. The van der Waals surface area contributed by atoms with Gasteiger partial charge in [-0.2, -0.15) is 0 Å². The number of hydrogen-bond acceptors (Lipinski definition) is 5. The summed E-state index contributed by atoms with van der Waals surface area (Å²) in [6.07, 6.45) is 4.12. The van der Waals surface area contributed by atoms with Gasteiger partial charge < -0.3 is 15.0 Å². The SMILES string of the molecule is COc1cccc(CN(C(=O)CN(c2cccc(Br)c2)S(=O)(=O)c2ccc(C)cc2)[C@H](Cc2ccccc2)C(=O)NC2CCCC2)c1. The summed E-state index contributed by atoms with van der Waals surface area (Å²) in [5.41, 5.74) is 2.87. The smallest absolute Gasteiger partial charge is 0.264 e. The Kier molecular flexibility index (Phi) is 11.4. The molecule has 0 spiro atoms. The fraction of sp³-hybridized carbons (Fsp3) is 0.297. The van der Waals surface area contributed by atoms with E-state index < -0.39 is 28.5 Å². The highest BCUT2D eigenvalue weighted by Gasteiger charge is 2.35. The van der Waals surface area contributed by atoms with Crippen LogP contribution in [-0.4, -0.2) is 50.9 Å². The molecule has 1 atom stereocenters. The highest BCUT2D eigenvalue weighted by atomic mass is 79.9. The monoisotopic (exact) mass is 717 g/mol. The second-order valence-electron chi connectivity index (χ2n) is 11.9. The first kappa shape index (κ1) is 34.2. The van der Waals surface area contributed by atoms with Gasteiger partial charge in [-0.3, -0.25) is 13.9 Å². The van der Waals surface area contributed by atoms with E-state index in [-0.39, 0.29) is 29.8 Å². The van der Waals surface area contributed by atoms with Gasteiger partial charge in [-0.25, -0.2) is 8.42 Å². The molecular formula is C37H40BrN3O5S. The Morgan fingerprint density at radius 2 is 1.57 bits per heavy atom. The van der Waals surface area contributed by atoms with E-state index in [1.807, 2.05) is 61.5 Å². The first-order valence-corrected chi connectivity index (χ1v) is 18.0. The number of methoxy groups -OCH3 is 1. The van der Waals surface area contributed by atoms with E-state index in [0.717, 1.165) is 46.7 Å². The van der Waals surface area contributed by atoms with E-state index in [4.69, 9.17) is 4.74 Å². The number of anilines is 1. The number of carbonyl (C=O) groups is 2. The number of sulfonamides is 1. The van der Waals surface area contributed by atoms with E-state index in [1.165, 1.54) is 4.90 Å². The molecule has 0 unspecified atom stereocenters. The summed E-state index contributed by atoms with van der Waals surface area (Å²) in [5.74, 6) is -0.152. The van der Waals surface area contributed by atoms with E-state index in [1.54, 1.807) is 55.6 Å². The summed E-state index contributed by atoms with van der Waals surface area (Å²) in [6, 6.07) is 29.4. The molecule has 1 saturated carbocycles. The first-order valence-electron chi connectivity index (χ1n) is 15.8. The van der Waals surface area contributed by atoms with Gasteiger partial charge in [0.15, 0.2) is 0 Å². The first-order chi connectivity index (χ1) is 22.6. The molecule has 1 aliphatic carbocycles. The van der Waals surface area contributed by atoms with Crippen molar-refractivity contribution in [1.82, 2.24) is 10.2 Å². The van der Waals surface area contributed by atoms with Crippen LogP contribution in [0.2, 0.25) is 0 Å². The van der Waals surface area contributed by atoms with Crippen LogP contribution >= 0.6 is 15.9 Å². The van der Waals surface area contributed by atoms with E-state index in [9.17, 15) is 18.0 Å². The lowest BCUT2D eigenvalue weighted by Gasteiger charge is -2.34. The van der Waals surface area contributed by atoms with Crippen LogP contribution in [0.25, 0.3) is 0 Å². The molecule has 0 saturated heterocycles. The molecule has 10 heteroatoms. The van der Waals surface area contributed by atoms with Gasteiger partial charge in [0, 0.05) is 23.5 Å². The summed E-state index contributed by atoms with van der Waals surface area (Å²) >= 11 is 3.46. The third kappa shape index (κ3) is 8.81. The number of carbonyl (C=O) groups excluding carboxylic acids is 2. The molecule has 1 aliphatic rings. The Labute approximate surface area is 285 Å². The van der Waals surface area contributed by atoms with Crippen LogP contribution < -0.4 is 14.4 Å². The number of halogens is 1. The number of nitrogens with zero attached hydrogens (tertiary/aromatic N) is 2. The minimum Gasteiger partial charge on any atom is -0.497 e. The van der Waals surface area contributed by atoms with Gasteiger partial charge in [0.1, 0.15) is 18.3 Å². The molecule has 1 fully saturated rings. The molecule has 8 nitrogen and oxygen atoms in total. The Hall–Kier alpha value is -4.15. The predicted molar refractivity (Wildman–Crippen MR) is 188 cm³/mol. The van der Waals surface area contributed by atoms with E-state index in [2.05, 4.69) is 21.2 Å². The summed E-state index contributed by atoms with van der Waals surface area (Å²) in [6.45, 7) is 1.44. The predicted octanol–water partition coefficient (Wildman–Crippen LogP) is 6.66. The number of rotatable bonds is 13. The highest BCUT2D eigenvalue weighted by Crippen LogP contribution is 2.28. The number of aryl methyl sites for hydroxylation is 1. The van der Waals surface area contributed by atoms with Crippen LogP contribution in [0.15, 0.2) is 112 Å². The number of amides is 2. The van der Waals surface area contributed by atoms with Crippen molar-refractivity contribution in [2.45, 2.75) is 62.6 Å². The lowest BCUT2D eigenvalue weighted by atomic mass is 10.0. The molecule has 4 aromatic carbocycles. The second kappa shape index (κ2) is 15.6. The molecule has 0 heterocycles. The topological polar surface area (TPSA) is 96.0 Å². The van der Waals surface area contributed by atoms with Crippen molar-refractivity contribution in [3.05, 3.63) is 124 Å². The molecular weight excluding hydrogens is 678 g/mol. The zero-order valence-corrected chi connectivity index (χ0v) is 29.0. The maximum Gasteiger partial charge on any atom is 0.264 e. The van der Waals surface area contributed by atoms with Gasteiger partial charge >= 0.3 is 0 Å². The maximum atomic E-state index is 14.7. The van der Waals surface area contributed by atoms with Crippen molar-refractivity contribution >= 4 is 43.5 Å². The highest BCUT2D eigenvalue weighted by molar-refractivity contribution is 9.10. The summed E-state index contributed by atoms with van der Waals surface area (Å²) < 4.78 is 35.7. The zero-order chi connectivity index (χ0) is 33.4.